The lowest BCUT2D eigenvalue weighted by Gasteiger charge is -2.37. The molecule has 1 fully saturated rings. The minimum Gasteiger partial charge on any atom is -0.549 e. The third-order valence-corrected chi connectivity index (χ3v) is 4.35. The quantitative estimate of drug-likeness (QED) is 0.610. The van der Waals surface area contributed by atoms with Crippen LogP contribution in [0.25, 0.3) is 0 Å². The first-order valence-electron chi connectivity index (χ1n) is 7.00. The molecular weight excluding hydrogens is 260 g/mol. The van der Waals surface area contributed by atoms with Crippen LogP contribution in [0, 0.1) is 11.3 Å². The molecule has 0 saturated heterocycles. The van der Waals surface area contributed by atoms with Gasteiger partial charge in [0.2, 0.25) is 0 Å². The molecule has 0 radical (unpaired) electrons. The molecule has 20 heavy (non-hydrogen) atoms. The van der Waals surface area contributed by atoms with Crippen LogP contribution in [0.1, 0.15) is 51.9 Å². The molecule has 112 valence electrons. The van der Waals surface area contributed by atoms with Crippen molar-refractivity contribution in [2.75, 3.05) is 0 Å². The number of hydrogen-bond donors (Lipinski definition) is 0. The second kappa shape index (κ2) is 6.68. The Morgan fingerprint density at radius 3 is 2.10 bits per heavy atom. The highest BCUT2D eigenvalue weighted by molar-refractivity contribution is 5.98. The summed E-state index contributed by atoms with van der Waals surface area (Å²) in [5.41, 5.74) is -2.43. The molecule has 0 aromatic heterocycles. The summed E-state index contributed by atoms with van der Waals surface area (Å²) in [7, 11) is 0. The summed E-state index contributed by atoms with van der Waals surface area (Å²) in [6, 6.07) is 0. The van der Waals surface area contributed by atoms with E-state index in [1.807, 2.05) is 0 Å². The molecule has 1 unspecified atom stereocenters. The molecule has 0 aromatic carbocycles. The van der Waals surface area contributed by atoms with Crippen LogP contribution in [0.3, 0.4) is 0 Å². The van der Waals surface area contributed by atoms with Gasteiger partial charge in [-0.15, -0.1) is 0 Å². The SMILES string of the molecule is C=C(C(=O)[O-])C(CC)(CC(=O)C1CCCCC1)C(=O)[O-]. The number of carbonyl (C=O) groups excluding carboxylic acids is 3. The summed E-state index contributed by atoms with van der Waals surface area (Å²) in [4.78, 5) is 34.6. The fourth-order valence-electron chi connectivity index (χ4n) is 2.85. The second-order valence-corrected chi connectivity index (χ2v) is 5.47. The topological polar surface area (TPSA) is 97.3 Å². The van der Waals surface area contributed by atoms with E-state index in [0.29, 0.717) is 0 Å². The van der Waals surface area contributed by atoms with Crippen LogP contribution in [0.15, 0.2) is 12.2 Å². The third kappa shape index (κ3) is 3.26. The predicted molar refractivity (Wildman–Crippen MR) is 68.1 cm³/mol. The highest BCUT2D eigenvalue weighted by atomic mass is 16.4. The molecule has 5 heteroatoms. The van der Waals surface area contributed by atoms with Crippen molar-refractivity contribution in [1.29, 1.82) is 0 Å². The summed E-state index contributed by atoms with van der Waals surface area (Å²) >= 11 is 0. The molecule has 1 aliphatic carbocycles. The van der Waals surface area contributed by atoms with Crippen LogP contribution in [-0.4, -0.2) is 17.7 Å². The van der Waals surface area contributed by atoms with Gasteiger partial charge in [0.15, 0.2) is 0 Å². The molecular formula is C15H20O5-2. The van der Waals surface area contributed by atoms with Gasteiger partial charge in [0.25, 0.3) is 0 Å². The van der Waals surface area contributed by atoms with E-state index in [1.165, 1.54) is 6.92 Å². The molecule has 0 aliphatic heterocycles. The number of carbonyl (C=O) groups is 3. The Kier molecular flexibility index (Phi) is 5.48. The van der Waals surface area contributed by atoms with Crippen LogP contribution in [-0.2, 0) is 14.4 Å². The van der Waals surface area contributed by atoms with Crippen LogP contribution < -0.4 is 10.2 Å². The molecule has 0 aromatic rings. The van der Waals surface area contributed by atoms with Gasteiger partial charge >= 0.3 is 0 Å². The molecule has 1 atom stereocenters. The maximum Gasteiger partial charge on any atom is 0.137 e. The van der Waals surface area contributed by atoms with Crippen molar-refractivity contribution in [1.82, 2.24) is 0 Å². The molecule has 1 aliphatic rings. The van der Waals surface area contributed by atoms with E-state index in [9.17, 15) is 24.6 Å². The zero-order valence-corrected chi connectivity index (χ0v) is 11.8. The van der Waals surface area contributed by atoms with Crippen molar-refractivity contribution in [3.05, 3.63) is 12.2 Å². The summed E-state index contributed by atoms with van der Waals surface area (Å²) in [6.07, 6.45) is 4.02. The average Bonchev–Trinajstić information content (AvgIpc) is 2.44. The Morgan fingerprint density at radius 2 is 1.70 bits per heavy atom. The molecule has 0 N–H and O–H groups in total. The van der Waals surface area contributed by atoms with Gasteiger partial charge in [0.1, 0.15) is 5.78 Å². The monoisotopic (exact) mass is 280 g/mol. The van der Waals surface area contributed by atoms with Gasteiger partial charge in [-0.3, -0.25) is 4.79 Å². The number of rotatable bonds is 7. The Bertz CT molecular complexity index is 420. The highest BCUT2D eigenvalue weighted by Crippen LogP contribution is 2.37. The van der Waals surface area contributed by atoms with Gasteiger partial charge in [0.05, 0.1) is 11.9 Å². The van der Waals surface area contributed by atoms with Gasteiger partial charge < -0.3 is 19.8 Å². The molecule has 0 heterocycles. The van der Waals surface area contributed by atoms with Crippen LogP contribution in [0.5, 0.6) is 0 Å². The van der Waals surface area contributed by atoms with Gasteiger partial charge in [-0.2, -0.15) is 0 Å². The maximum absolute atomic E-state index is 12.3. The Balaban J connectivity index is 2.94. The molecule has 1 rings (SSSR count). The largest absolute Gasteiger partial charge is 0.549 e. The van der Waals surface area contributed by atoms with Crippen LogP contribution >= 0.6 is 0 Å². The third-order valence-electron chi connectivity index (χ3n) is 4.35. The van der Waals surface area contributed by atoms with E-state index >= 15 is 0 Å². The van der Waals surface area contributed by atoms with Crippen molar-refractivity contribution in [2.45, 2.75) is 51.9 Å². The summed E-state index contributed by atoms with van der Waals surface area (Å²) in [6.45, 7) is 4.79. The lowest BCUT2D eigenvalue weighted by Crippen LogP contribution is -2.49. The zero-order valence-electron chi connectivity index (χ0n) is 11.8. The van der Waals surface area contributed by atoms with Crippen molar-refractivity contribution in [3.63, 3.8) is 0 Å². The standard InChI is InChI=1S/C15H22O5/c1-3-15(14(19)20,10(2)13(17)18)9-12(16)11-7-5-4-6-8-11/h11H,2-9H2,1H3,(H,17,18)(H,19,20)/p-2. The molecule has 1 saturated carbocycles. The summed E-state index contributed by atoms with van der Waals surface area (Å²) < 4.78 is 0. The number of ketones is 1. The van der Waals surface area contributed by atoms with Gasteiger partial charge in [-0.05, 0) is 24.8 Å². The molecule has 0 spiro atoms. The normalized spacial score (nSPS) is 19.1. The number of aliphatic carboxylic acids is 2. The predicted octanol–water partition coefficient (Wildman–Crippen LogP) is -0.0217. The second-order valence-electron chi connectivity index (χ2n) is 5.47. The highest BCUT2D eigenvalue weighted by Gasteiger charge is 2.38. The molecule has 5 nitrogen and oxygen atoms in total. The fraction of sp³-hybridized carbons (Fsp3) is 0.667. The van der Waals surface area contributed by atoms with E-state index < -0.39 is 22.9 Å². The van der Waals surface area contributed by atoms with Gasteiger partial charge in [-0.1, -0.05) is 32.8 Å². The maximum atomic E-state index is 12.3. The van der Waals surface area contributed by atoms with Gasteiger partial charge in [0, 0.05) is 17.8 Å². The van der Waals surface area contributed by atoms with E-state index in [4.69, 9.17) is 0 Å². The van der Waals surface area contributed by atoms with Crippen molar-refractivity contribution in [3.8, 4) is 0 Å². The van der Waals surface area contributed by atoms with Crippen molar-refractivity contribution >= 4 is 17.7 Å². The Hall–Kier alpha value is -1.65. The number of Topliss-reactive ketones (excluding diaryl/α,β-unsaturated/α-hetero) is 1. The Labute approximate surface area is 118 Å². The van der Waals surface area contributed by atoms with Gasteiger partial charge in [-0.25, -0.2) is 0 Å². The number of hydrogen-bond acceptors (Lipinski definition) is 5. The van der Waals surface area contributed by atoms with Crippen molar-refractivity contribution in [2.24, 2.45) is 11.3 Å². The average molecular weight is 280 g/mol. The first-order chi connectivity index (χ1) is 9.35. The summed E-state index contributed by atoms with van der Waals surface area (Å²) in [5, 5.41) is 22.4. The Morgan fingerprint density at radius 1 is 1.15 bits per heavy atom. The number of carboxylic acids is 2. The van der Waals surface area contributed by atoms with E-state index in [1.54, 1.807) is 0 Å². The molecule has 0 bridgehead atoms. The lowest BCUT2D eigenvalue weighted by atomic mass is 9.71. The van der Waals surface area contributed by atoms with E-state index in [-0.39, 0.29) is 24.5 Å². The first kappa shape index (κ1) is 16.4. The summed E-state index contributed by atoms with van der Waals surface area (Å²) in [5.74, 6) is -3.60. The van der Waals surface area contributed by atoms with Crippen LogP contribution in [0.2, 0.25) is 0 Å². The van der Waals surface area contributed by atoms with E-state index in [2.05, 4.69) is 6.58 Å². The smallest absolute Gasteiger partial charge is 0.137 e. The number of carboxylic acid groups (broad SMARTS) is 2. The fourth-order valence-corrected chi connectivity index (χ4v) is 2.85. The minimum atomic E-state index is -1.85. The van der Waals surface area contributed by atoms with Crippen molar-refractivity contribution < 1.29 is 24.6 Å². The molecule has 0 amide bonds. The zero-order chi connectivity index (χ0) is 15.3. The first-order valence-corrected chi connectivity index (χ1v) is 7.00. The van der Waals surface area contributed by atoms with Crippen LogP contribution in [0.4, 0.5) is 0 Å². The van der Waals surface area contributed by atoms with E-state index in [0.717, 1.165) is 32.1 Å². The minimum absolute atomic E-state index is 0.0550. The lowest BCUT2D eigenvalue weighted by molar-refractivity contribution is -0.322.